The number of carbonyl (C=O) groups is 2. The highest BCUT2D eigenvalue weighted by atomic mass is 16.5. The molecule has 0 atom stereocenters. The van der Waals surface area contributed by atoms with Crippen LogP contribution < -0.4 is 14.2 Å². The van der Waals surface area contributed by atoms with Gasteiger partial charge in [-0.2, -0.15) is 0 Å². The topological polar surface area (TPSA) is 90.8 Å². The molecular weight excluding hydrogens is 374 g/mol. The lowest BCUT2D eigenvalue weighted by Crippen LogP contribution is -2.52. The molecule has 152 valence electrons. The van der Waals surface area contributed by atoms with Crippen molar-refractivity contribution in [2.75, 3.05) is 27.3 Å². The van der Waals surface area contributed by atoms with Crippen LogP contribution >= 0.6 is 0 Å². The average Bonchev–Trinajstić information content (AvgIpc) is 2.73. The van der Waals surface area contributed by atoms with Crippen molar-refractivity contribution in [1.29, 1.82) is 0 Å². The minimum Gasteiger partial charge on any atom is -0.496 e. The maximum Gasteiger partial charge on any atom is 0.274 e. The van der Waals surface area contributed by atoms with E-state index in [1.165, 1.54) is 13.3 Å². The monoisotopic (exact) mass is 397 g/mol. The van der Waals surface area contributed by atoms with E-state index < -0.39 is 5.60 Å². The molecule has 1 aromatic carbocycles. The fraction of sp³-hybridized carbons (Fsp3) is 0.429. The molecule has 4 rings (SSSR count). The van der Waals surface area contributed by atoms with Crippen LogP contribution in [-0.4, -0.2) is 59.5 Å². The summed E-state index contributed by atoms with van der Waals surface area (Å²) in [5.41, 5.74) is 0.911. The number of carbonyl (C=O) groups excluding carboxylic acids is 2. The number of rotatable bonds is 3. The molecule has 2 aliphatic heterocycles. The van der Waals surface area contributed by atoms with Crippen molar-refractivity contribution in [2.45, 2.75) is 31.8 Å². The van der Waals surface area contributed by atoms with E-state index in [0.717, 1.165) is 5.69 Å². The Hall–Kier alpha value is -3.16. The smallest absolute Gasteiger partial charge is 0.274 e. The average molecular weight is 397 g/mol. The van der Waals surface area contributed by atoms with Gasteiger partial charge in [0.1, 0.15) is 34.1 Å². The van der Waals surface area contributed by atoms with Gasteiger partial charge in [-0.25, -0.2) is 4.98 Å². The summed E-state index contributed by atoms with van der Waals surface area (Å²) in [4.78, 5) is 35.7. The Bertz CT molecular complexity index is 950. The first-order valence-corrected chi connectivity index (χ1v) is 9.51. The first-order chi connectivity index (χ1) is 13.9. The molecule has 1 saturated heterocycles. The zero-order valence-corrected chi connectivity index (χ0v) is 16.7. The number of Topliss-reactive ketones (excluding diaryl/α,β-unsaturated/α-hetero) is 1. The predicted molar refractivity (Wildman–Crippen MR) is 104 cm³/mol. The first kappa shape index (κ1) is 19.2. The highest BCUT2D eigenvalue weighted by molar-refractivity contribution is 6.03. The molecule has 2 aliphatic rings. The number of hydrogen-bond acceptors (Lipinski definition) is 7. The molecule has 1 spiro atoms. The summed E-state index contributed by atoms with van der Waals surface area (Å²) in [5, 5.41) is 0. The quantitative estimate of drug-likeness (QED) is 0.786. The summed E-state index contributed by atoms with van der Waals surface area (Å²) < 4.78 is 17.0. The van der Waals surface area contributed by atoms with Crippen LogP contribution in [0.15, 0.2) is 24.5 Å². The van der Waals surface area contributed by atoms with E-state index in [1.807, 2.05) is 6.92 Å². The number of ketones is 1. The molecular formula is C21H23N3O5. The normalized spacial score (nSPS) is 17.5. The fourth-order valence-corrected chi connectivity index (χ4v) is 3.91. The van der Waals surface area contributed by atoms with Crippen LogP contribution in [0.4, 0.5) is 0 Å². The highest BCUT2D eigenvalue weighted by Gasteiger charge is 2.45. The van der Waals surface area contributed by atoms with E-state index in [9.17, 15) is 9.59 Å². The largest absolute Gasteiger partial charge is 0.496 e. The standard InChI is InChI=1S/C21H23N3O5/c1-13-11-23-15(12-22-13)20(26)24-6-4-21(5-7-24)10-16(25)19-17(28-3)8-14(27-2)9-18(19)29-21/h8-9,11-12H,4-7,10H2,1-3H3. The SMILES string of the molecule is COc1cc(OC)c2c(c1)OC1(CCN(C(=O)c3cnc(C)cn3)CC1)CC2=O. The minimum atomic E-state index is -0.628. The minimum absolute atomic E-state index is 0.0186. The third kappa shape index (κ3) is 3.50. The van der Waals surface area contributed by atoms with Crippen LogP contribution in [0.1, 0.15) is 45.8 Å². The van der Waals surface area contributed by atoms with E-state index in [1.54, 1.807) is 30.3 Å². The number of methoxy groups -OCH3 is 2. The number of benzene rings is 1. The van der Waals surface area contributed by atoms with Crippen LogP contribution in [0.2, 0.25) is 0 Å². The highest BCUT2D eigenvalue weighted by Crippen LogP contribution is 2.44. The van der Waals surface area contributed by atoms with Crippen molar-refractivity contribution in [3.05, 3.63) is 41.5 Å². The number of fused-ring (bicyclic) bond motifs is 1. The van der Waals surface area contributed by atoms with Gasteiger partial charge in [0, 0.05) is 44.3 Å². The molecule has 29 heavy (non-hydrogen) atoms. The molecule has 0 saturated carbocycles. The zero-order chi connectivity index (χ0) is 20.6. The number of nitrogens with zero attached hydrogens (tertiary/aromatic N) is 3. The number of hydrogen-bond donors (Lipinski definition) is 0. The first-order valence-electron chi connectivity index (χ1n) is 9.51. The Labute approximate surface area is 168 Å². The molecule has 8 nitrogen and oxygen atoms in total. The number of aryl methyl sites for hydroxylation is 1. The molecule has 8 heteroatoms. The van der Waals surface area contributed by atoms with Gasteiger partial charge >= 0.3 is 0 Å². The summed E-state index contributed by atoms with van der Waals surface area (Å²) >= 11 is 0. The lowest BCUT2D eigenvalue weighted by atomic mass is 9.82. The molecule has 0 aliphatic carbocycles. The maximum absolute atomic E-state index is 12.9. The Morgan fingerprint density at radius 2 is 1.90 bits per heavy atom. The van der Waals surface area contributed by atoms with E-state index in [-0.39, 0.29) is 18.1 Å². The van der Waals surface area contributed by atoms with Crippen molar-refractivity contribution in [3.63, 3.8) is 0 Å². The van der Waals surface area contributed by atoms with Gasteiger partial charge in [-0.1, -0.05) is 0 Å². The van der Waals surface area contributed by atoms with Crippen LogP contribution in [0, 0.1) is 6.92 Å². The van der Waals surface area contributed by atoms with Crippen LogP contribution in [-0.2, 0) is 0 Å². The van der Waals surface area contributed by atoms with E-state index in [2.05, 4.69) is 9.97 Å². The third-order valence-corrected chi connectivity index (χ3v) is 5.55. The molecule has 1 aromatic heterocycles. The lowest BCUT2D eigenvalue weighted by Gasteiger charge is -2.44. The zero-order valence-electron chi connectivity index (χ0n) is 16.7. The van der Waals surface area contributed by atoms with Gasteiger partial charge in [-0.15, -0.1) is 0 Å². The number of likely N-dealkylation sites (tertiary alicyclic amines) is 1. The lowest BCUT2D eigenvalue weighted by molar-refractivity contribution is -0.00625. The summed E-state index contributed by atoms with van der Waals surface area (Å²) in [7, 11) is 3.07. The van der Waals surface area contributed by atoms with Crippen LogP contribution in [0.3, 0.4) is 0 Å². The van der Waals surface area contributed by atoms with Crippen molar-refractivity contribution >= 4 is 11.7 Å². The van der Waals surface area contributed by atoms with Gasteiger partial charge < -0.3 is 19.1 Å². The molecule has 2 aromatic rings. The van der Waals surface area contributed by atoms with Gasteiger partial charge in [-0.3, -0.25) is 14.6 Å². The summed E-state index contributed by atoms with van der Waals surface area (Å²) in [5.74, 6) is 1.32. The van der Waals surface area contributed by atoms with Gasteiger partial charge in [0.25, 0.3) is 5.91 Å². The van der Waals surface area contributed by atoms with Gasteiger partial charge in [0.2, 0.25) is 0 Å². The Balaban J connectivity index is 1.52. The molecule has 1 fully saturated rings. The van der Waals surface area contributed by atoms with Gasteiger partial charge in [0.15, 0.2) is 5.78 Å². The van der Waals surface area contributed by atoms with Crippen LogP contribution in [0.25, 0.3) is 0 Å². The Morgan fingerprint density at radius 1 is 1.14 bits per heavy atom. The summed E-state index contributed by atoms with van der Waals surface area (Å²) in [6, 6.07) is 3.40. The molecule has 0 radical (unpaired) electrons. The number of amides is 1. The van der Waals surface area contributed by atoms with Crippen molar-refractivity contribution < 1.29 is 23.8 Å². The second-order valence-corrected chi connectivity index (χ2v) is 7.42. The molecule has 1 amide bonds. The van der Waals surface area contributed by atoms with Gasteiger partial charge in [-0.05, 0) is 6.92 Å². The summed E-state index contributed by atoms with van der Waals surface area (Å²) in [6.45, 7) is 2.79. The summed E-state index contributed by atoms with van der Waals surface area (Å²) in [6.07, 6.45) is 4.46. The van der Waals surface area contributed by atoms with Crippen molar-refractivity contribution in [1.82, 2.24) is 14.9 Å². The van der Waals surface area contributed by atoms with E-state index in [4.69, 9.17) is 14.2 Å². The third-order valence-electron chi connectivity index (χ3n) is 5.55. The Kier molecular flexibility index (Phi) is 4.86. The number of ether oxygens (including phenoxy) is 3. The molecule has 3 heterocycles. The molecule has 0 N–H and O–H groups in total. The predicted octanol–water partition coefficient (Wildman–Crippen LogP) is 2.44. The Morgan fingerprint density at radius 3 is 2.52 bits per heavy atom. The van der Waals surface area contributed by atoms with E-state index >= 15 is 0 Å². The van der Waals surface area contributed by atoms with Crippen LogP contribution in [0.5, 0.6) is 17.2 Å². The van der Waals surface area contributed by atoms with Crippen molar-refractivity contribution in [2.24, 2.45) is 0 Å². The number of piperidine rings is 1. The van der Waals surface area contributed by atoms with Crippen molar-refractivity contribution in [3.8, 4) is 17.2 Å². The van der Waals surface area contributed by atoms with E-state index in [0.29, 0.717) is 54.4 Å². The maximum atomic E-state index is 12.9. The fourth-order valence-electron chi connectivity index (χ4n) is 3.91. The molecule has 0 bridgehead atoms. The van der Waals surface area contributed by atoms with Gasteiger partial charge in [0.05, 0.1) is 32.5 Å². The second kappa shape index (κ2) is 7.35. The number of aromatic nitrogens is 2. The second-order valence-electron chi connectivity index (χ2n) is 7.42. The molecule has 0 unspecified atom stereocenters.